The number of methoxy groups -OCH3 is 1. The van der Waals surface area contributed by atoms with Crippen molar-refractivity contribution in [3.63, 3.8) is 0 Å². The van der Waals surface area contributed by atoms with Crippen LogP contribution in [0.4, 0.5) is 27.8 Å². The Bertz CT molecular complexity index is 1150. The summed E-state index contributed by atoms with van der Waals surface area (Å²) in [6.07, 6.45) is -2.30. The highest BCUT2D eigenvalue weighted by molar-refractivity contribution is 6.18. The van der Waals surface area contributed by atoms with Crippen LogP contribution in [0.3, 0.4) is 0 Å². The van der Waals surface area contributed by atoms with Gasteiger partial charge >= 0.3 is 6.18 Å². The van der Waals surface area contributed by atoms with Crippen LogP contribution in [-0.2, 0) is 11.0 Å². The van der Waals surface area contributed by atoms with Crippen molar-refractivity contribution in [2.24, 2.45) is 16.6 Å². The number of anilines is 1. The van der Waals surface area contributed by atoms with E-state index in [1.165, 1.54) is 20.4 Å². The van der Waals surface area contributed by atoms with Gasteiger partial charge in [-0.05, 0) is 23.6 Å². The third-order valence-electron chi connectivity index (χ3n) is 5.95. The zero-order valence-corrected chi connectivity index (χ0v) is 20.4. The van der Waals surface area contributed by atoms with E-state index in [1.807, 2.05) is 0 Å². The van der Waals surface area contributed by atoms with Crippen LogP contribution in [0, 0.1) is 5.92 Å². The van der Waals surface area contributed by atoms with Crippen LogP contribution >= 0.6 is 0 Å². The highest BCUT2D eigenvalue weighted by atomic mass is 19.4. The number of benzene rings is 1. The van der Waals surface area contributed by atoms with Crippen LogP contribution in [0.5, 0.6) is 5.75 Å². The normalized spacial score (nSPS) is 20.5. The zero-order chi connectivity index (χ0) is 27.4. The van der Waals surface area contributed by atoms with Gasteiger partial charge in [-0.25, -0.2) is 18.7 Å². The number of halogens is 5. The molecule has 200 valence electrons. The molecule has 1 saturated heterocycles. The van der Waals surface area contributed by atoms with E-state index >= 15 is 0 Å². The number of nitrogens with two attached hydrogens (primary N) is 1. The molecule has 1 aromatic carbocycles. The predicted octanol–water partition coefficient (Wildman–Crippen LogP) is 3.86. The van der Waals surface area contributed by atoms with Crippen LogP contribution in [0.25, 0.3) is 5.57 Å². The van der Waals surface area contributed by atoms with Gasteiger partial charge in [0.25, 0.3) is 11.8 Å². The van der Waals surface area contributed by atoms with Crippen molar-refractivity contribution < 1.29 is 31.5 Å². The number of nitrogens with one attached hydrogen (secondary N) is 1. The first-order chi connectivity index (χ1) is 17.4. The molecule has 1 amide bonds. The van der Waals surface area contributed by atoms with Gasteiger partial charge in [0.15, 0.2) is 5.69 Å². The molecule has 1 fully saturated rings. The molecule has 0 spiro atoms. The average molecular weight is 527 g/mol. The van der Waals surface area contributed by atoms with Gasteiger partial charge in [0.1, 0.15) is 17.3 Å². The van der Waals surface area contributed by atoms with Gasteiger partial charge in [0, 0.05) is 31.8 Å². The maximum atomic E-state index is 14.5. The first kappa shape index (κ1) is 27.8. The molecule has 1 aliphatic rings. The molecule has 13 heteroatoms. The first-order valence-electron chi connectivity index (χ1n) is 11.2. The molecule has 3 N–H and O–H groups in total. The Balaban J connectivity index is 1.89. The third-order valence-corrected chi connectivity index (χ3v) is 5.95. The third kappa shape index (κ3) is 6.71. The SMILES string of the molecule is CN=CC(=C(N)C(=O)N1CC(F)(F)CC(C)C1CNc1cnc(C(F)(F)F)cn1)c1ccc(OC)cc1. The Hall–Kier alpha value is -3.77. The molecule has 1 aliphatic heterocycles. The summed E-state index contributed by atoms with van der Waals surface area (Å²) >= 11 is 0. The van der Waals surface area contributed by atoms with Crippen molar-refractivity contribution in [1.29, 1.82) is 0 Å². The lowest BCUT2D eigenvalue weighted by Crippen LogP contribution is -2.58. The van der Waals surface area contributed by atoms with E-state index in [2.05, 4.69) is 20.3 Å². The van der Waals surface area contributed by atoms with E-state index < -0.39 is 48.6 Å². The Morgan fingerprint density at radius 1 is 1.27 bits per heavy atom. The van der Waals surface area contributed by atoms with E-state index in [4.69, 9.17) is 10.5 Å². The molecule has 2 atom stereocenters. The van der Waals surface area contributed by atoms with Crippen LogP contribution in [0.2, 0.25) is 0 Å². The lowest BCUT2D eigenvalue weighted by atomic mass is 9.88. The molecule has 2 aromatic rings. The van der Waals surface area contributed by atoms with Gasteiger partial charge in [0.2, 0.25) is 0 Å². The molecule has 8 nitrogen and oxygen atoms in total. The van der Waals surface area contributed by atoms with Crippen molar-refractivity contribution in [3.05, 3.63) is 53.6 Å². The van der Waals surface area contributed by atoms with Crippen LogP contribution < -0.4 is 15.8 Å². The van der Waals surface area contributed by atoms with Gasteiger partial charge in [-0.15, -0.1) is 0 Å². The lowest BCUT2D eigenvalue weighted by molar-refractivity contribution is -0.148. The maximum absolute atomic E-state index is 14.5. The smallest absolute Gasteiger partial charge is 0.434 e. The number of allylic oxidation sites excluding steroid dienone is 1. The van der Waals surface area contributed by atoms with Crippen molar-refractivity contribution >= 4 is 23.5 Å². The van der Waals surface area contributed by atoms with Gasteiger partial charge in [0.05, 0.1) is 32.1 Å². The number of aromatic nitrogens is 2. The summed E-state index contributed by atoms with van der Waals surface area (Å²) < 4.78 is 72.4. The van der Waals surface area contributed by atoms with Gasteiger partial charge in [-0.3, -0.25) is 9.79 Å². The summed E-state index contributed by atoms with van der Waals surface area (Å²) in [5.41, 5.74) is 5.55. The highest BCUT2D eigenvalue weighted by Gasteiger charge is 2.46. The lowest BCUT2D eigenvalue weighted by Gasteiger charge is -2.43. The average Bonchev–Trinajstić information content (AvgIpc) is 2.85. The highest BCUT2D eigenvalue weighted by Crippen LogP contribution is 2.35. The molecule has 37 heavy (non-hydrogen) atoms. The number of hydrogen-bond acceptors (Lipinski definition) is 7. The van der Waals surface area contributed by atoms with E-state index in [0.29, 0.717) is 17.5 Å². The number of amides is 1. The minimum Gasteiger partial charge on any atom is -0.497 e. The number of nitrogens with zero attached hydrogens (tertiary/aromatic N) is 4. The maximum Gasteiger partial charge on any atom is 0.434 e. The summed E-state index contributed by atoms with van der Waals surface area (Å²) in [5, 5.41) is 2.80. The van der Waals surface area contributed by atoms with E-state index in [9.17, 15) is 26.7 Å². The molecular formula is C24H27F5N6O2. The van der Waals surface area contributed by atoms with Crippen molar-refractivity contribution in [2.45, 2.75) is 31.5 Å². The molecule has 0 aliphatic carbocycles. The Labute approximate surface area is 210 Å². The summed E-state index contributed by atoms with van der Waals surface area (Å²) in [6, 6.07) is 5.87. The van der Waals surface area contributed by atoms with E-state index in [1.54, 1.807) is 31.2 Å². The standard InChI is InChI=1S/C24H27F5N6O2/c1-14-8-23(25,26)13-35(18(14)10-33-20-12-32-19(11-34-20)24(27,28)29)22(36)21(30)17(9-31-2)15-4-6-16(37-3)7-5-15/h4-7,9,11-12,14,18H,8,10,13,30H2,1-3H3,(H,33,34). The van der Waals surface area contributed by atoms with Gasteiger partial charge < -0.3 is 20.7 Å². The van der Waals surface area contributed by atoms with Crippen LogP contribution in [-0.4, -0.2) is 66.2 Å². The fourth-order valence-corrected chi connectivity index (χ4v) is 4.12. The summed E-state index contributed by atoms with van der Waals surface area (Å²) in [7, 11) is 2.98. The second-order valence-electron chi connectivity index (χ2n) is 8.65. The largest absolute Gasteiger partial charge is 0.497 e. The van der Waals surface area contributed by atoms with Gasteiger partial charge in [-0.2, -0.15) is 13.2 Å². The minimum atomic E-state index is -4.65. The molecule has 0 saturated carbocycles. The molecular weight excluding hydrogens is 499 g/mol. The topological polar surface area (TPSA) is 106 Å². The number of carbonyl (C=O) groups excluding carboxylic acids is 1. The monoisotopic (exact) mass is 526 g/mol. The summed E-state index contributed by atoms with van der Waals surface area (Å²) in [5.74, 6) is -4.06. The molecule has 1 aromatic heterocycles. The number of piperidine rings is 1. The van der Waals surface area contributed by atoms with Crippen molar-refractivity contribution in [2.75, 3.05) is 32.6 Å². The Morgan fingerprint density at radius 3 is 2.49 bits per heavy atom. The molecule has 2 heterocycles. The van der Waals surface area contributed by atoms with Crippen molar-refractivity contribution in [3.8, 4) is 5.75 Å². The van der Waals surface area contributed by atoms with Gasteiger partial charge in [-0.1, -0.05) is 19.1 Å². The van der Waals surface area contributed by atoms with Crippen molar-refractivity contribution in [1.82, 2.24) is 14.9 Å². The van der Waals surface area contributed by atoms with Crippen LogP contribution in [0.1, 0.15) is 24.6 Å². The minimum absolute atomic E-state index is 0.00508. The molecule has 2 unspecified atom stereocenters. The fourth-order valence-electron chi connectivity index (χ4n) is 4.12. The fraction of sp³-hybridized carbons (Fsp3) is 0.417. The molecule has 0 bridgehead atoms. The number of likely N-dealkylation sites (tertiary alicyclic amines) is 1. The summed E-state index contributed by atoms with van der Waals surface area (Å²) in [6.45, 7) is 0.632. The number of carbonyl (C=O) groups is 1. The van der Waals surface area contributed by atoms with Crippen LogP contribution in [0.15, 0.2) is 47.3 Å². The number of aliphatic imine (C=N–C) groups is 1. The number of hydrogen-bond donors (Lipinski definition) is 2. The van der Waals surface area contributed by atoms with E-state index in [0.717, 1.165) is 11.1 Å². The zero-order valence-electron chi connectivity index (χ0n) is 20.4. The molecule has 3 rings (SSSR count). The number of alkyl halides is 5. The van der Waals surface area contributed by atoms with E-state index in [-0.39, 0.29) is 23.6 Å². The molecule has 0 radical (unpaired) electrons. The Morgan fingerprint density at radius 2 is 1.95 bits per heavy atom. The quantitative estimate of drug-likeness (QED) is 0.323. The second kappa shape index (κ2) is 11.1. The first-order valence-corrected chi connectivity index (χ1v) is 11.2. The second-order valence-corrected chi connectivity index (χ2v) is 8.65. The Kier molecular flexibility index (Phi) is 8.34. The number of rotatable bonds is 7. The summed E-state index contributed by atoms with van der Waals surface area (Å²) in [4.78, 5) is 25.4. The number of ether oxygens (including phenoxy) is 1. The predicted molar refractivity (Wildman–Crippen MR) is 128 cm³/mol.